The molecule has 1 amide bonds. The SMILES string of the molecule is CC[C@@H](C)[C@@H](COC(=O)NS(=O)(=O)c1ccc(-n2nc(C(F)(F)F)cc2-c2ccc(C)cc2)cc1)N(C)[N+]([O-])=NOC(C)OC(C)=O. The molecule has 18 heteroatoms. The summed E-state index contributed by atoms with van der Waals surface area (Å²) in [7, 11) is -3.14. The van der Waals surface area contributed by atoms with Crippen molar-refractivity contribution in [2.24, 2.45) is 11.2 Å². The second-order valence-electron chi connectivity index (χ2n) is 10.5. The molecular weight excluding hydrogens is 649 g/mol. The number of amides is 1. The van der Waals surface area contributed by atoms with Crippen molar-refractivity contribution in [3.05, 3.63) is 71.1 Å². The number of carbonyl (C=O) groups is 2. The van der Waals surface area contributed by atoms with E-state index in [1.165, 1.54) is 26.1 Å². The van der Waals surface area contributed by atoms with Crippen LogP contribution in [-0.2, 0) is 35.3 Å². The molecule has 0 bridgehead atoms. The van der Waals surface area contributed by atoms with Crippen LogP contribution in [0.25, 0.3) is 16.9 Å². The van der Waals surface area contributed by atoms with Crippen LogP contribution in [0.5, 0.6) is 0 Å². The van der Waals surface area contributed by atoms with E-state index in [4.69, 9.17) is 14.3 Å². The molecule has 0 aliphatic carbocycles. The van der Waals surface area contributed by atoms with E-state index < -0.39 is 52.9 Å². The monoisotopic (exact) mass is 684 g/mol. The van der Waals surface area contributed by atoms with Crippen molar-refractivity contribution in [2.75, 3.05) is 13.7 Å². The van der Waals surface area contributed by atoms with E-state index in [0.29, 0.717) is 12.0 Å². The number of hydrogen-bond acceptors (Lipinski definition) is 10. The summed E-state index contributed by atoms with van der Waals surface area (Å²) in [6.07, 6.45) is -6.67. The number of hydrogen-bond donors (Lipinski definition) is 1. The van der Waals surface area contributed by atoms with Crippen LogP contribution in [0.2, 0.25) is 0 Å². The van der Waals surface area contributed by atoms with Gasteiger partial charge in [-0.05, 0) is 43.2 Å². The Labute approximate surface area is 269 Å². The van der Waals surface area contributed by atoms with E-state index in [9.17, 15) is 36.4 Å². The van der Waals surface area contributed by atoms with Gasteiger partial charge in [-0.2, -0.15) is 18.3 Å². The highest BCUT2D eigenvalue weighted by Gasteiger charge is 2.35. The highest BCUT2D eigenvalue weighted by atomic mass is 32.2. The lowest BCUT2D eigenvalue weighted by Crippen LogP contribution is -2.45. The van der Waals surface area contributed by atoms with Crippen molar-refractivity contribution in [1.82, 2.24) is 19.5 Å². The summed E-state index contributed by atoms with van der Waals surface area (Å²) in [6, 6.07) is 11.6. The average molecular weight is 685 g/mol. The van der Waals surface area contributed by atoms with Gasteiger partial charge in [0.25, 0.3) is 16.3 Å². The van der Waals surface area contributed by atoms with Crippen LogP contribution in [0.15, 0.2) is 64.8 Å². The number of benzene rings is 2. The fraction of sp³-hybridized carbons (Fsp3) is 0.414. The Balaban J connectivity index is 1.74. The average Bonchev–Trinajstić information content (AvgIpc) is 3.46. The van der Waals surface area contributed by atoms with Gasteiger partial charge in [0.05, 0.1) is 28.3 Å². The molecule has 0 saturated carbocycles. The lowest BCUT2D eigenvalue weighted by atomic mass is 10.00. The van der Waals surface area contributed by atoms with Crippen LogP contribution in [0, 0.1) is 18.0 Å². The number of ether oxygens (including phenoxy) is 2. The molecule has 47 heavy (non-hydrogen) atoms. The number of aryl methyl sites for hydroxylation is 1. The van der Waals surface area contributed by atoms with E-state index in [-0.39, 0.29) is 27.2 Å². The number of nitrogens with one attached hydrogen (secondary N) is 1. The highest BCUT2D eigenvalue weighted by Crippen LogP contribution is 2.33. The molecule has 14 nitrogen and oxygen atoms in total. The van der Waals surface area contributed by atoms with Gasteiger partial charge < -0.3 is 14.7 Å². The fourth-order valence-electron chi connectivity index (χ4n) is 4.23. The van der Waals surface area contributed by atoms with Crippen LogP contribution in [0.4, 0.5) is 18.0 Å². The standard InChI is InChI=1S/C29H35F3N6O8S/c1-7-19(3)26(36(6)38(41)35-46-21(5)45-20(4)39)17-44-28(40)34-47(42,43)24-14-12-23(13-15-24)37-25(16-27(33-37)29(30,31)32)22-10-8-18(2)9-11-22/h8-16,19,21,26H,7,17H2,1-6H3,(H,34,40)/t19-,21?,26-/m1/s1. The molecule has 0 spiro atoms. The Morgan fingerprint density at radius 1 is 1.13 bits per heavy atom. The minimum absolute atomic E-state index is 0.0674. The van der Waals surface area contributed by atoms with E-state index in [1.54, 1.807) is 35.9 Å². The minimum Gasteiger partial charge on any atom is -0.569 e. The molecule has 0 saturated heterocycles. The number of sulfonamides is 1. The molecule has 1 unspecified atom stereocenters. The normalized spacial score (nSPS) is 14.1. The Kier molecular flexibility index (Phi) is 11.8. The molecule has 2 aromatic carbocycles. The van der Waals surface area contributed by atoms with Gasteiger partial charge in [0.2, 0.25) is 5.28 Å². The summed E-state index contributed by atoms with van der Waals surface area (Å²) >= 11 is 0. The maximum atomic E-state index is 13.5. The largest absolute Gasteiger partial charge is 0.569 e. The topological polar surface area (TPSA) is 167 Å². The zero-order valence-corrected chi connectivity index (χ0v) is 27.2. The van der Waals surface area contributed by atoms with Crippen LogP contribution in [-0.4, -0.2) is 66.2 Å². The van der Waals surface area contributed by atoms with E-state index >= 15 is 0 Å². The zero-order valence-electron chi connectivity index (χ0n) is 26.4. The lowest BCUT2D eigenvalue weighted by Gasteiger charge is -2.28. The number of rotatable bonds is 13. The van der Waals surface area contributed by atoms with Gasteiger partial charge in [-0.15, -0.1) is 5.01 Å². The van der Waals surface area contributed by atoms with E-state index in [2.05, 4.69) is 10.4 Å². The van der Waals surface area contributed by atoms with Crippen molar-refractivity contribution in [3.63, 3.8) is 0 Å². The van der Waals surface area contributed by atoms with Crippen LogP contribution in [0.3, 0.4) is 0 Å². The van der Waals surface area contributed by atoms with Gasteiger partial charge in [-0.1, -0.05) is 50.1 Å². The zero-order chi connectivity index (χ0) is 35.1. The predicted molar refractivity (Wildman–Crippen MR) is 160 cm³/mol. The number of esters is 1. The first kappa shape index (κ1) is 36.6. The Hall–Kier alpha value is -4.87. The van der Waals surface area contributed by atoms with Gasteiger partial charge in [0.1, 0.15) is 12.6 Å². The molecule has 256 valence electrons. The maximum Gasteiger partial charge on any atom is 0.435 e. The van der Waals surface area contributed by atoms with Crippen LogP contribution < -0.4 is 4.72 Å². The van der Waals surface area contributed by atoms with Crippen LogP contribution >= 0.6 is 0 Å². The summed E-state index contributed by atoms with van der Waals surface area (Å²) in [4.78, 5) is 28.0. The quantitative estimate of drug-likeness (QED) is 0.0815. The molecule has 1 aromatic heterocycles. The molecule has 0 aliphatic rings. The second kappa shape index (κ2) is 15.1. The number of carbonyl (C=O) groups excluding carboxylic acids is 2. The number of nitrogens with zero attached hydrogens (tertiary/aromatic N) is 5. The van der Waals surface area contributed by atoms with Crippen LogP contribution in [0.1, 0.15) is 45.4 Å². The maximum absolute atomic E-state index is 13.5. The minimum atomic E-state index is -4.72. The van der Waals surface area contributed by atoms with Gasteiger partial charge in [0, 0.05) is 19.4 Å². The Bertz CT molecular complexity index is 1680. The molecule has 1 N–H and O–H groups in total. The van der Waals surface area contributed by atoms with Gasteiger partial charge in [0.15, 0.2) is 5.69 Å². The second-order valence-corrected chi connectivity index (χ2v) is 12.2. The number of aromatic nitrogens is 2. The van der Waals surface area contributed by atoms with Crippen molar-refractivity contribution >= 4 is 22.1 Å². The first-order chi connectivity index (χ1) is 21.9. The van der Waals surface area contributed by atoms with Gasteiger partial charge in [-0.3, -0.25) is 9.63 Å². The number of alkyl halides is 3. The molecule has 0 fully saturated rings. The molecule has 3 rings (SSSR count). The van der Waals surface area contributed by atoms with E-state index in [1.807, 2.05) is 13.8 Å². The Morgan fingerprint density at radius 3 is 2.30 bits per heavy atom. The predicted octanol–water partition coefficient (Wildman–Crippen LogP) is 5.35. The smallest absolute Gasteiger partial charge is 0.435 e. The summed E-state index contributed by atoms with van der Waals surface area (Å²) in [5, 5.41) is 20.5. The molecular formula is C29H35F3N6O8S. The van der Waals surface area contributed by atoms with Gasteiger partial charge >= 0.3 is 18.2 Å². The molecule has 0 radical (unpaired) electrons. The van der Waals surface area contributed by atoms with Crippen molar-refractivity contribution < 1.29 is 50.5 Å². The van der Waals surface area contributed by atoms with Gasteiger partial charge in [-0.25, -0.2) is 22.6 Å². The molecule has 1 heterocycles. The third-order valence-corrected chi connectivity index (χ3v) is 8.32. The molecule has 0 aliphatic heterocycles. The first-order valence-electron chi connectivity index (χ1n) is 14.2. The first-order valence-corrected chi connectivity index (χ1v) is 15.7. The third-order valence-electron chi connectivity index (χ3n) is 6.99. The number of likely N-dealkylation sites (N-methyl/N-ethyl adjacent to an activating group) is 1. The summed E-state index contributed by atoms with van der Waals surface area (Å²) in [5.74, 6) is -0.898. The number of hydrazine groups is 1. The fourth-order valence-corrected chi connectivity index (χ4v) is 5.12. The van der Waals surface area contributed by atoms with Crippen molar-refractivity contribution in [1.29, 1.82) is 0 Å². The summed E-state index contributed by atoms with van der Waals surface area (Å²) < 4.78 is 79.1. The lowest BCUT2D eigenvalue weighted by molar-refractivity contribution is -0.716. The molecule has 3 atom stereocenters. The Morgan fingerprint density at radius 2 is 1.74 bits per heavy atom. The summed E-state index contributed by atoms with van der Waals surface area (Å²) in [6.45, 7) is 7.48. The summed E-state index contributed by atoms with van der Waals surface area (Å²) in [5.41, 5.74) is 0.493. The third kappa shape index (κ3) is 9.81. The number of halogens is 3. The van der Waals surface area contributed by atoms with Crippen molar-refractivity contribution in [2.45, 2.75) is 64.4 Å². The highest BCUT2D eigenvalue weighted by molar-refractivity contribution is 7.90. The van der Waals surface area contributed by atoms with E-state index in [0.717, 1.165) is 40.4 Å². The van der Waals surface area contributed by atoms with Crippen molar-refractivity contribution in [3.8, 4) is 16.9 Å². The molecule has 3 aromatic rings.